The van der Waals surface area contributed by atoms with Gasteiger partial charge in [0.1, 0.15) is 0 Å². The van der Waals surface area contributed by atoms with E-state index in [1.54, 1.807) is 0 Å². The maximum Gasteiger partial charge on any atom is 0.223 e. The minimum atomic E-state index is 0.272. The van der Waals surface area contributed by atoms with Crippen molar-refractivity contribution in [2.45, 2.75) is 64.5 Å². The van der Waals surface area contributed by atoms with Gasteiger partial charge in [0, 0.05) is 25.7 Å². The number of rotatable bonds is 3. The average Bonchev–Trinajstić information content (AvgIpc) is 2.77. The van der Waals surface area contributed by atoms with Gasteiger partial charge in [-0.3, -0.25) is 9.48 Å². The Kier molecular flexibility index (Phi) is 4.52. The van der Waals surface area contributed by atoms with Crippen molar-refractivity contribution in [2.24, 2.45) is 7.05 Å². The molecular formula is C17H27N3O2. The van der Waals surface area contributed by atoms with Gasteiger partial charge in [-0.1, -0.05) is 12.8 Å². The summed E-state index contributed by atoms with van der Waals surface area (Å²) >= 11 is 0. The van der Waals surface area contributed by atoms with Crippen LogP contribution in [0.15, 0.2) is 0 Å². The van der Waals surface area contributed by atoms with E-state index in [-0.39, 0.29) is 12.0 Å². The van der Waals surface area contributed by atoms with Crippen molar-refractivity contribution < 1.29 is 9.53 Å². The number of aromatic nitrogens is 2. The summed E-state index contributed by atoms with van der Waals surface area (Å²) in [4.78, 5) is 14.8. The van der Waals surface area contributed by atoms with Crippen molar-refractivity contribution in [3.05, 3.63) is 17.0 Å². The molecule has 2 aliphatic rings. The summed E-state index contributed by atoms with van der Waals surface area (Å²) in [5, 5.41) is 4.44. The lowest BCUT2D eigenvalue weighted by Crippen LogP contribution is -2.54. The first-order valence-corrected chi connectivity index (χ1v) is 8.48. The average molecular weight is 305 g/mol. The molecule has 2 atom stereocenters. The Morgan fingerprint density at radius 3 is 2.82 bits per heavy atom. The number of amides is 1. The third kappa shape index (κ3) is 2.91. The Labute approximate surface area is 132 Å². The van der Waals surface area contributed by atoms with Crippen LogP contribution in [0.1, 0.15) is 49.1 Å². The Hall–Kier alpha value is -1.36. The summed E-state index contributed by atoms with van der Waals surface area (Å²) in [7, 11) is 1.96. The number of carbonyl (C=O) groups is 1. The fraction of sp³-hybridized carbons (Fsp3) is 0.765. The summed E-state index contributed by atoms with van der Waals surface area (Å²) < 4.78 is 7.76. The van der Waals surface area contributed by atoms with Crippen molar-refractivity contribution >= 4 is 5.91 Å². The van der Waals surface area contributed by atoms with Crippen LogP contribution in [0.5, 0.6) is 0 Å². The summed E-state index contributed by atoms with van der Waals surface area (Å²) in [6.07, 6.45) is 6.30. The van der Waals surface area contributed by atoms with Crippen LogP contribution in [0.25, 0.3) is 0 Å². The van der Waals surface area contributed by atoms with E-state index >= 15 is 0 Å². The lowest BCUT2D eigenvalue weighted by Gasteiger charge is -2.43. The van der Waals surface area contributed by atoms with E-state index in [9.17, 15) is 4.79 Å². The number of ether oxygens (including phenoxy) is 1. The van der Waals surface area contributed by atoms with Crippen molar-refractivity contribution in [3.63, 3.8) is 0 Å². The molecule has 1 amide bonds. The van der Waals surface area contributed by atoms with Gasteiger partial charge in [-0.05, 0) is 38.7 Å². The third-order valence-electron chi connectivity index (χ3n) is 5.30. The maximum atomic E-state index is 12.7. The van der Waals surface area contributed by atoms with Gasteiger partial charge in [-0.25, -0.2) is 0 Å². The second kappa shape index (κ2) is 6.41. The Morgan fingerprint density at radius 2 is 2.09 bits per heavy atom. The second-order valence-electron chi connectivity index (χ2n) is 6.62. The molecular weight excluding hydrogens is 278 g/mol. The first kappa shape index (κ1) is 15.5. The smallest absolute Gasteiger partial charge is 0.223 e. The molecule has 22 heavy (non-hydrogen) atoms. The molecule has 1 saturated carbocycles. The van der Waals surface area contributed by atoms with Gasteiger partial charge in [0.15, 0.2) is 0 Å². The SMILES string of the molecule is Cc1nn(C)c(C)c1CCC(=O)N1CCO[C@@H]2CCCC[C@@H]21. The number of morpholine rings is 1. The quantitative estimate of drug-likeness (QED) is 0.859. The third-order valence-corrected chi connectivity index (χ3v) is 5.30. The number of hydrogen-bond acceptors (Lipinski definition) is 3. The molecule has 3 rings (SSSR count). The number of fused-ring (bicyclic) bond motifs is 1. The summed E-state index contributed by atoms with van der Waals surface area (Å²) in [5.74, 6) is 0.280. The molecule has 0 unspecified atom stereocenters. The first-order chi connectivity index (χ1) is 10.6. The zero-order valence-corrected chi connectivity index (χ0v) is 14.0. The Morgan fingerprint density at radius 1 is 1.32 bits per heavy atom. The highest BCUT2D eigenvalue weighted by atomic mass is 16.5. The van der Waals surface area contributed by atoms with E-state index in [0.717, 1.165) is 31.5 Å². The zero-order chi connectivity index (χ0) is 15.7. The number of hydrogen-bond donors (Lipinski definition) is 0. The van der Waals surface area contributed by atoms with Crippen molar-refractivity contribution in [2.75, 3.05) is 13.2 Å². The van der Waals surface area contributed by atoms with Gasteiger partial charge in [0.25, 0.3) is 0 Å². The molecule has 0 spiro atoms. The largest absolute Gasteiger partial charge is 0.374 e. The number of aryl methyl sites for hydroxylation is 2. The van der Waals surface area contributed by atoms with Crippen LogP contribution < -0.4 is 0 Å². The molecule has 2 fully saturated rings. The van der Waals surface area contributed by atoms with E-state index < -0.39 is 0 Å². The fourth-order valence-electron chi connectivity index (χ4n) is 3.96. The van der Waals surface area contributed by atoms with E-state index in [0.29, 0.717) is 19.1 Å². The summed E-state index contributed by atoms with van der Waals surface area (Å²) in [6.45, 7) is 5.55. The topological polar surface area (TPSA) is 47.4 Å². The monoisotopic (exact) mass is 305 g/mol. The standard InChI is InChI=1S/C17H27N3O2/c1-12-14(13(2)19(3)18-12)8-9-17(21)20-10-11-22-16-7-5-4-6-15(16)20/h15-16H,4-11H2,1-3H3/t15-,16+/m0/s1. The van der Waals surface area contributed by atoms with E-state index in [1.165, 1.54) is 24.1 Å². The van der Waals surface area contributed by atoms with E-state index in [1.807, 2.05) is 18.7 Å². The molecule has 1 aliphatic heterocycles. The minimum Gasteiger partial charge on any atom is -0.374 e. The molecule has 0 radical (unpaired) electrons. The zero-order valence-electron chi connectivity index (χ0n) is 14.0. The van der Waals surface area contributed by atoms with Crippen LogP contribution in [0, 0.1) is 13.8 Å². The van der Waals surface area contributed by atoms with Gasteiger partial charge in [0.05, 0.1) is 24.4 Å². The highest BCUT2D eigenvalue weighted by molar-refractivity contribution is 5.77. The molecule has 5 nitrogen and oxygen atoms in total. The molecule has 1 aliphatic carbocycles. The lowest BCUT2D eigenvalue weighted by atomic mass is 9.90. The van der Waals surface area contributed by atoms with Gasteiger partial charge < -0.3 is 9.64 Å². The van der Waals surface area contributed by atoms with Crippen LogP contribution in [-0.2, 0) is 23.0 Å². The van der Waals surface area contributed by atoms with Gasteiger partial charge in [-0.15, -0.1) is 0 Å². The molecule has 1 aromatic rings. The maximum absolute atomic E-state index is 12.7. The molecule has 1 saturated heterocycles. The predicted molar refractivity (Wildman–Crippen MR) is 84.7 cm³/mol. The highest BCUT2D eigenvalue weighted by Gasteiger charge is 2.36. The molecule has 0 bridgehead atoms. The predicted octanol–water partition coefficient (Wildman–Crippen LogP) is 2.14. The Bertz CT molecular complexity index is 550. The summed E-state index contributed by atoms with van der Waals surface area (Å²) in [6, 6.07) is 0.311. The lowest BCUT2D eigenvalue weighted by molar-refractivity contribution is -0.149. The molecule has 0 aromatic carbocycles. The van der Waals surface area contributed by atoms with Gasteiger partial charge in [-0.2, -0.15) is 5.10 Å². The minimum absolute atomic E-state index is 0.272. The molecule has 5 heteroatoms. The van der Waals surface area contributed by atoms with E-state index in [4.69, 9.17) is 4.74 Å². The van der Waals surface area contributed by atoms with Crippen molar-refractivity contribution in [1.29, 1.82) is 0 Å². The van der Waals surface area contributed by atoms with Crippen LogP contribution in [0.4, 0.5) is 0 Å². The second-order valence-corrected chi connectivity index (χ2v) is 6.62. The van der Waals surface area contributed by atoms with Gasteiger partial charge in [0.2, 0.25) is 5.91 Å². The Balaban J connectivity index is 1.63. The van der Waals surface area contributed by atoms with Gasteiger partial charge >= 0.3 is 0 Å². The first-order valence-electron chi connectivity index (χ1n) is 8.48. The summed E-state index contributed by atoms with van der Waals surface area (Å²) in [5.41, 5.74) is 3.44. The fourth-order valence-corrected chi connectivity index (χ4v) is 3.96. The molecule has 122 valence electrons. The van der Waals surface area contributed by atoms with E-state index in [2.05, 4.69) is 16.9 Å². The normalized spacial score (nSPS) is 25.1. The van der Waals surface area contributed by atoms with Crippen molar-refractivity contribution in [1.82, 2.24) is 14.7 Å². The van der Waals surface area contributed by atoms with Crippen LogP contribution in [-0.4, -0.2) is 45.9 Å². The van der Waals surface area contributed by atoms with Crippen LogP contribution in [0.2, 0.25) is 0 Å². The van der Waals surface area contributed by atoms with Crippen LogP contribution >= 0.6 is 0 Å². The number of carbonyl (C=O) groups excluding carboxylic acids is 1. The molecule has 2 heterocycles. The van der Waals surface area contributed by atoms with Crippen LogP contribution in [0.3, 0.4) is 0 Å². The molecule has 1 aromatic heterocycles. The van der Waals surface area contributed by atoms with Crippen molar-refractivity contribution in [3.8, 4) is 0 Å². The molecule has 0 N–H and O–H groups in total. The number of nitrogens with zero attached hydrogens (tertiary/aromatic N) is 3. The highest BCUT2D eigenvalue weighted by Crippen LogP contribution is 2.29.